The summed E-state index contributed by atoms with van der Waals surface area (Å²) in [6.07, 6.45) is 3.36. The van der Waals surface area contributed by atoms with Gasteiger partial charge < -0.3 is 10.2 Å². The standard InChI is InChI=1S/C21H21Cl2FN2O/c22-15-6-7-19-18(11-15)25-20(27)10-14(8-9-26(19)12-13-4-5-13)16-2-1-3-17(23)21(16)24/h1-3,6-7,11,13-14H,4-5,8-10,12H2,(H,25,27)/t14-/m0/s1. The van der Waals surface area contributed by atoms with Gasteiger partial charge >= 0.3 is 0 Å². The molecule has 0 radical (unpaired) electrons. The SMILES string of the molecule is O=C1C[C@@H](c2cccc(Cl)c2F)CCN(CC2CC2)c2ccc(Cl)cc2N1. The summed E-state index contributed by atoms with van der Waals surface area (Å²) >= 11 is 12.1. The highest BCUT2D eigenvalue weighted by Crippen LogP contribution is 2.38. The zero-order chi connectivity index (χ0) is 19.0. The van der Waals surface area contributed by atoms with E-state index in [0.717, 1.165) is 24.5 Å². The monoisotopic (exact) mass is 406 g/mol. The maximum Gasteiger partial charge on any atom is 0.225 e. The molecule has 3 nitrogen and oxygen atoms in total. The summed E-state index contributed by atoms with van der Waals surface area (Å²) in [5.41, 5.74) is 2.21. The Kier molecular flexibility index (Phi) is 5.29. The average Bonchev–Trinajstić information content (AvgIpc) is 3.43. The normalized spacial score (nSPS) is 20.3. The number of hydrogen-bond acceptors (Lipinski definition) is 2. The maximum atomic E-state index is 14.6. The molecule has 1 aliphatic carbocycles. The lowest BCUT2D eigenvalue weighted by atomic mass is 9.91. The van der Waals surface area contributed by atoms with E-state index in [4.69, 9.17) is 23.2 Å². The first kappa shape index (κ1) is 18.6. The molecule has 27 heavy (non-hydrogen) atoms. The fourth-order valence-electron chi connectivity index (χ4n) is 3.75. The van der Waals surface area contributed by atoms with E-state index >= 15 is 0 Å². The number of carbonyl (C=O) groups is 1. The molecule has 1 fully saturated rings. The molecule has 2 aromatic carbocycles. The fourth-order valence-corrected chi connectivity index (χ4v) is 4.10. The van der Waals surface area contributed by atoms with Crippen molar-refractivity contribution < 1.29 is 9.18 Å². The Morgan fingerprint density at radius 3 is 2.74 bits per heavy atom. The highest BCUT2D eigenvalue weighted by atomic mass is 35.5. The number of anilines is 2. The Balaban J connectivity index is 1.68. The van der Waals surface area contributed by atoms with E-state index in [1.54, 1.807) is 18.2 Å². The van der Waals surface area contributed by atoms with Crippen molar-refractivity contribution in [2.75, 3.05) is 23.3 Å². The van der Waals surface area contributed by atoms with Gasteiger partial charge in [-0.15, -0.1) is 0 Å². The summed E-state index contributed by atoms with van der Waals surface area (Å²) in [7, 11) is 0. The second kappa shape index (κ2) is 7.69. The van der Waals surface area contributed by atoms with Crippen molar-refractivity contribution in [3.63, 3.8) is 0 Å². The highest BCUT2D eigenvalue weighted by molar-refractivity contribution is 6.31. The van der Waals surface area contributed by atoms with Crippen molar-refractivity contribution in [1.29, 1.82) is 0 Å². The van der Waals surface area contributed by atoms with Crippen molar-refractivity contribution in [3.8, 4) is 0 Å². The van der Waals surface area contributed by atoms with Gasteiger partial charge in [-0.25, -0.2) is 4.39 Å². The molecule has 2 aromatic rings. The molecular weight excluding hydrogens is 386 g/mol. The third-order valence-corrected chi connectivity index (χ3v) is 5.88. The van der Waals surface area contributed by atoms with Gasteiger partial charge in [0.25, 0.3) is 0 Å². The zero-order valence-electron chi connectivity index (χ0n) is 14.9. The fraction of sp³-hybridized carbons (Fsp3) is 0.381. The van der Waals surface area contributed by atoms with E-state index < -0.39 is 5.82 Å². The third kappa shape index (κ3) is 4.22. The summed E-state index contributed by atoms with van der Waals surface area (Å²) < 4.78 is 14.6. The highest BCUT2D eigenvalue weighted by Gasteiger charge is 2.29. The lowest BCUT2D eigenvalue weighted by Gasteiger charge is -2.27. The molecule has 0 aromatic heterocycles. The molecule has 0 unspecified atom stereocenters. The van der Waals surface area contributed by atoms with Crippen LogP contribution in [0.15, 0.2) is 36.4 Å². The summed E-state index contributed by atoms with van der Waals surface area (Å²) in [5.74, 6) is -0.108. The molecule has 1 N–H and O–H groups in total. The minimum atomic E-state index is -0.425. The number of hydrogen-bond donors (Lipinski definition) is 1. The van der Waals surface area contributed by atoms with Crippen LogP contribution >= 0.6 is 23.2 Å². The molecule has 1 atom stereocenters. The molecule has 1 heterocycles. The Bertz CT molecular complexity index is 869. The molecule has 4 rings (SSSR count). The number of nitrogens with one attached hydrogen (secondary N) is 1. The van der Waals surface area contributed by atoms with E-state index in [1.807, 2.05) is 12.1 Å². The van der Waals surface area contributed by atoms with Gasteiger partial charge in [-0.1, -0.05) is 35.3 Å². The van der Waals surface area contributed by atoms with Crippen LogP contribution in [-0.4, -0.2) is 19.0 Å². The number of rotatable bonds is 3. The average molecular weight is 407 g/mol. The van der Waals surface area contributed by atoms with Crippen molar-refractivity contribution in [2.24, 2.45) is 5.92 Å². The smallest absolute Gasteiger partial charge is 0.225 e. The molecule has 6 heteroatoms. The minimum Gasteiger partial charge on any atom is -0.370 e. The van der Waals surface area contributed by atoms with Crippen LogP contribution in [-0.2, 0) is 4.79 Å². The van der Waals surface area contributed by atoms with Gasteiger partial charge in [-0.3, -0.25) is 4.79 Å². The Morgan fingerprint density at radius 1 is 1.15 bits per heavy atom. The summed E-state index contributed by atoms with van der Waals surface area (Å²) in [4.78, 5) is 15.0. The second-order valence-electron chi connectivity index (χ2n) is 7.43. The van der Waals surface area contributed by atoms with Gasteiger partial charge in [-0.05, 0) is 60.9 Å². The Morgan fingerprint density at radius 2 is 1.96 bits per heavy atom. The van der Waals surface area contributed by atoms with E-state index in [0.29, 0.717) is 22.9 Å². The molecule has 1 saturated carbocycles. The molecule has 2 aliphatic rings. The first-order chi connectivity index (χ1) is 13.0. The van der Waals surface area contributed by atoms with Crippen molar-refractivity contribution in [1.82, 2.24) is 0 Å². The molecule has 0 saturated heterocycles. The van der Waals surface area contributed by atoms with Gasteiger partial charge in [-0.2, -0.15) is 0 Å². The largest absolute Gasteiger partial charge is 0.370 e. The van der Waals surface area contributed by atoms with Crippen LogP contribution in [0.2, 0.25) is 10.0 Å². The Labute approximate surface area is 168 Å². The summed E-state index contributed by atoms with van der Waals surface area (Å²) in [6, 6.07) is 10.6. The van der Waals surface area contributed by atoms with Crippen LogP contribution < -0.4 is 10.2 Å². The van der Waals surface area contributed by atoms with Crippen molar-refractivity contribution in [3.05, 3.63) is 57.8 Å². The van der Waals surface area contributed by atoms with Crippen molar-refractivity contribution >= 4 is 40.5 Å². The van der Waals surface area contributed by atoms with Gasteiger partial charge in [0, 0.05) is 24.5 Å². The molecular formula is C21H21Cl2FN2O. The zero-order valence-corrected chi connectivity index (χ0v) is 16.4. The number of carbonyl (C=O) groups excluding carboxylic acids is 1. The van der Waals surface area contributed by atoms with E-state index in [2.05, 4.69) is 10.2 Å². The van der Waals surface area contributed by atoms with E-state index in [9.17, 15) is 9.18 Å². The Hall–Kier alpha value is -1.78. The summed E-state index contributed by atoms with van der Waals surface area (Å²) in [5, 5.41) is 3.66. The quantitative estimate of drug-likeness (QED) is 0.691. The van der Waals surface area contributed by atoms with Crippen LogP contribution in [0, 0.1) is 11.7 Å². The maximum absolute atomic E-state index is 14.6. The second-order valence-corrected chi connectivity index (χ2v) is 8.28. The lowest BCUT2D eigenvalue weighted by Crippen LogP contribution is -2.28. The molecule has 0 spiro atoms. The van der Waals surface area contributed by atoms with Gasteiger partial charge in [0.15, 0.2) is 0 Å². The number of benzene rings is 2. The van der Waals surface area contributed by atoms with Gasteiger partial charge in [0.2, 0.25) is 5.91 Å². The van der Waals surface area contributed by atoms with E-state index in [1.165, 1.54) is 18.9 Å². The van der Waals surface area contributed by atoms with Crippen molar-refractivity contribution in [2.45, 2.75) is 31.6 Å². The summed E-state index contributed by atoms with van der Waals surface area (Å²) in [6.45, 7) is 1.69. The van der Waals surface area contributed by atoms with Crippen LogP contribution in [0.25, 0.3) is 0 Å². The predicted molar refractivity (Wildman–Crippen MR) is 108 cm³/mol. The number of halogens is 3. The van der Waals surface area contributed by atoms with Crippen LogP contribution in [0.3, 0.4) is 0 Å². The number of amides is 1. The molecule has 1 amide bonds. The van der Waals surface area contributed by atoms with Gasteiger partial charge in [0.1, 0.15) is 5.82 Å². The van der Waals surface area contributed by atoms with Crippen LogP contribution in [0.1, 0.15) is 37.2 Å². The first-order valence-electron chi connectivity index (χ1n) is 9.29. The van der Waals surface area contributed by atoms with E-state index in [-0.39, 0.29) is 23.3 Å². The predicted octanol–water partition coefficient (Wildman–Crippen LogP) is 5.87. The molecule has 1 aliphatic heterocycles. The van der Waals surface area contributed by atoms with Crippen LogP contribution in [0.5, 0.6) is 0 Å². The molecule has 142 valence electrons. The first-order valence-corrected chi connectivity index (χ1v) is 10.0. The lowest BCUT2D eigenvalue weighted by molar-refractivity contribution is -0.116. The molecule has 0 bridgehead atoms. The third-order valence-electron chi connectivity index (χ3n) is 5.35. The topological polar surface area (TPSA) is 32.3 Å². The van der Waals surface area contributed by atoms with Crippen LogP contribution in [0.4, 0.5) is 15.8 Å². The number of nitrogens with zero attached hydrogens (tertiary/aromatic N) is 1. The van der Waals surface area contributed by atoms with Gasteiger partial charge in [0.05, 0.1) is 16.4 Å². The minimum absolute atomic E-state index is 0.0951. The number of fused-ring (bicyclic) bond motifs is 1.